The van der Waals surface area contributed by atoms with Gasteiger partial charge in [0.15, 0.2) is 6.73 Å². The number of carbonyl (C=O) groups is 1. The first kappa shape index (κ1) is 26.6. The number of fused-ring (bicyclic) bond motifs is 1. The van der Waals surface area contributed by atoms with Crippen molar-refractivity contribution in [2.24, 2.45) is 5.92 Å². The number of carbonyl (C=O) groups excluding carboxylic acids is 1. The van der Waals surface area contributed by atoms with Gasteiger partial charge < -0.3 is 15.0 Å². The molecule has 2 heterocycles. The maximum atomic E-state index is 15.2. The number of alkyl halides is 2. The Balaban J connectivity index is 1.27. The van der Waals surface area contributed by atoms with Crippen molar-refractivity contribution in [1.82, 2.24) is 14.9 Å². The van der Waals surface area contributed by atoms with Crippen molar-refractivity contribution in [1.29, 1.82) is 0 Å². The van der Waals surface area contributed by atoms with Gasteiger partial charge in [-0.2, -0.15) is 4.98 Å². The van der Waals surface area contributed by atoms with Crippen LogP contribution in [0.2, 0.25) is 10.0 Å². The maximum absolute atomic E-state index is 15.2. The molecule has 200 valence electrons. The van der Waals surface area contributed by atoms with Crippen molar-refractivity contribution in [3.05, 3.63) is 69.8 Å². The number of rotatable bonds is 6. The maximum Gasteiger partial charge on any atom is 0.276 e. The lowest BCUT2D eigenvalue weighted by molar-refractivity contribution is -0.0831. The summed E-state index contributed by atoms with van der Waals surface area (Å²) in [5.74, 6) is -3.70. The molecule has 0 unspecified atom stereocenters. The fourth-order valence-corrected chi connectivity index (χ4v) is 5.62. The molecule has 1 aliphatic carbocycles. The summed E-state index contributed by atoms with van der Waals surface area (Å²) < 4.78 is 36.2. The molecule has 1 amide bonds. The summed E-state index contributed by atoms with van der Waals surface area (Å²) in [4.78, 5) is 25.0. The quantitative estimate of drug-likeness (QED) is 0.359. The topological polar surface area (TPSA) is 70.6 Å². The van der Waals surface area contributed by atoms with E-state index in [2.05, 4.69) is 20.2 Å². The number of benzene rings is 2. The van der Waals surface area contributed by atoms with Crippen LogP contribution in [-0.4, -0.2) is 47.6 Å². The monoisotopic (exact) mass is 561 g/mol. The Morgan fingerprint density at radius 3 is 2.34 bits per heavy atom. The van der Waals surface area contributed by atoms with Gasteiger partial charge in [0.1, 0.15) is 5.56 Å². The fraction of sp³-hybridized carbons (Fsp3) is 0.370. The largest absolute Gasteiger partial charge is 0.455 e. The average Bonchev–Trinajstić information content (AvgIpc) is 2.90. The smallest absolute Gasteiger partial charge is 0.276 e. The molecule has 38 heavy (non-hydrogen) atoms. The molecule has 5 rings (SSSR count). The van der Waals surface area contributed by atoms with Gasteiger partial charge in [-0.05, 0) is 64.0 Å². The lowest BCUT2D eigenvalue weighted by Crippen LogP contribution is -2.39. The highest BCUT2D eigenvalue weighted by Crippen LogP contribution is 2.44. The molecule has 0 spiro atoms. The molecule has 1 fully saturated rings. The molecule has 0 saturated heterocycles. The third-order valence-corrected chi connectivity index (χ3v) is 7.84. The lowest BCUT2D eigenvalue weighted by atomic mass is 9.79. The van der Waals surface area contributed by atoms with E-state index in [0.29, 0.717) is 40.3 Å². The zero-order valence-corrected chi connectivity index (χ0v) is 22.4. The number of hydrogen-bond donors (Lipinski definition) is 1. The number of anilines is 3. The van der Waals surface area contributed by atoms with Gasteiger partial charge in [-0.25, -0.2) is 13.8 Å². The number of nitrogens with one attached hydrogen (secondary N) is 1. The Morgan fingerprint density at radius 1 is 1.05 bits per heavy atom. The molecule has 0 bridgehead atoms. The summed E-state index contributed by atoms with van der Waals surface area (Å²) in [6.45, 7) is -0.133. The Hall–Kier alpha value is -3.01. The van der Waals surface area contributed by atoms with E-state index in [1.807, 2.05) is 14.1 Å². The highest BCUT2D eigenvalue weighted by molar-refractivity contribution is 6.40. The van der Waals surface area contributed by atoms with Crippen LogP contribution < -0.4 is 15.0 Å². The van der Waals surface area contributed by atoms with E-state index in [1.54, 1.807) is 30.3 Å². The second-order valence-electron chi connectivity index (χ2n) is 9.78. The van der Waals surface area contributed by atoms with E-state index in [1.165, 1.54) is 23.2 Å². The Morgan fingerprint density at radius 2 is 1.71 bits per heavy atom. The molecule has 1 saturated carbocycles. The highest BCUT2D eigenvalue weighted by Gasteiger charge is 2.43. The Labute approximate surface area is 229 Å². The van der Waals surface area contributed by atoms with Crippen molar-refractivity contribution in [3.63, 3.8) is 0 Å². The van der Waals surface area contributed by atoms with Crippen molar-refractivity contribution < 1.29 is 18.3 Å². The van der Waals surface area contributed by atoms with Crippen molar-refractivity contribution >= 4 is 46.4 Å². The number of halogens is 4. The van der Waals surface area contributed by atoms with Gasteiger partial charge in [-0.15, -0.1) is 0 Å². The number of hydrogen-bond acceptors (Lipinski definition) is 6. The normalized spacial score (nSPS) is 19.8. The molecular weight excluding hydrogens is 535 g/mol. The van der Waals surface area contributed by atoms with E-state index < -0.39 is 17.7 Å². The molecule has 1 aliphatic heterocycles. The van der Waals surface area contributed by atoms with Gasteiger partial charge in [-0.1, -0.05) is 41.4 Å². The summed E-state index contributed by atoms with van der Waals surface area (Å²) in [7, 11) is 3.99. The van der Waals surface area contributed by atoms with Crippen molar-refractivity contribution in [3.8, 4) is 5.88 Å². The number of aromatic nitrogens is 2. The lowest BCUT2D eigenvalue weighted by Gasteiger charge is -2.36. The van der Waals surface area contributed by atoms with Crippen LogP contribution in [-0.2, 0) is 5.92 Å². The molecule has 11 heteroatoms. The van der Waals surface area contributed by atoms with Gasteiger partial charge in [-0.3, -0.25) is 9.69 Å². The SMILES string of the molecule is CN(C)C1CCC(C(F)(F)c2ccc(Nc3ncc4c(n3)OCN(c3c(Cl)cccc3Cl)C4=O)cc2)CC1. The molecule has 7 nitrogen and oxygen atoms in total. The zero-order chi connectivity index (χ0) is 27.0. The van der Waals surface area contributed by atoms with Crippen molar-refractivity contribution in [2.75, 3.05) is 31.0 Å². The third kappa shape index (κ3) is 5.15. The minimum Gasteiger partial charge on any atom is -0.455 e. The summed E-state index contributed by atoms with van der Waals surface area (Å²) in [5.41, 5.74) is 1.02. The van der Waals surface area contributed by atoms with Crippen molar-refractivity contribution in [2.45, 2.75) is 37.6 Å². The van der Waals surface area contributed by atoms with Crippen LogP contribution in [0.4, 0.5) is 26.1 Å². The first-order valence-corrected chi connectivity index (χ1v) is 13.1. The average molecular weight is 562 g/mol. The van der Waals surface area contributed by atoms with E-state index in [0.717, 1.165) is 12.8 Å². The number of para-hydroxylation sites is 1. The molecular formula is C27H27Cl2F2N5O2. The number of amides is 1. The predicted octanol–water partition coefficient (Wildman–Crippen LogP) is 6.74. The van der Waals surface area contributed by atoms with Crippen LogP contribution in [0.25, 0.3) is 0 Å². The number of ether oxygens (including phenoxy) is 1. The summed E-state index contributed by atoms with van der Waals surface area (Å²) in [6.07, 6.45) is 3.89. The standard InChI is InChI=1S/C27H27Cl2F2N5O2/c1-35(2)19-12-8-17(9-13-19)27(30,31)16-6-10-18(11-7-16)33-26-32-14-20-24(34-26)38-15-36(25(20)37)23-21(28)4-3-5-22(23)29/h3-7,10-11,14,17,19H,8-9,12-13,15H2,1-2H3,(H,32,33,34). The van der Waals surface area contributed by atoms with Crippen LogP contribution in [0.1, 0.15) is 41.6 Å². The molecule has 3 aromatic rings. The second kappa shape index (κ2) is 10.6. The summed E-state index contributed by atoms with van der Waals surface area (Å²) in [6, 6.07) is 11.3. The molecule has 2 aliphatic rings. The van der Waals surface area contributed by atoms with E-state index in [9.17, 15) is 4.79 Å². The first-order valence-electron chi connectivity index (χ1n) is 12.3. The van der Waals surface area contributed by atoms with Crippen LogP contribution in [0.5, 0.6) is 5.88 Å². The van der Waals surface area contributed by atoms with Gasteiger partial charge in [0.05, 0.1) is 15.7 Å². The van der Waals surface area contributed by atoms with Gasteiger partial charge in [0, 0.05) is 29.4 Å². The molecule has 0 radical (unpaired) electrons. The summed E-state index contributed by atoms with van der Waals surface area (Å²) >= 11 is 12.5. The first-order chi connectivity index (χ1) is 18.1. The molecule has 1 aromatic heterocycles. The minimum atomic E-state index is -2.90. The Kier molecular flexibility index (Phi) is 7.44. The van der Waals surface area contributed by atoms with Crippen LogP contribution in [0.3, 0.4) is 0 Å². The van der Waals surface area contributed by atoms with E-state index in [4.69, 9.17) is 27.9 Å². The molecule has 1 N–H and O–H groups in total. The second-order valence-corrected chi connectivity index (χ2v) is 10.6. The van der Waals surface area contributed by atoms with E-state index >= 15 is 8.78 Å². The Bertz CT molecular complexity index is 1310. The van der Waals surface area contributed by atoms with Crippen LogP contribution >= 0.6 is 23.2 Å². The molecule has 2 aromatic carbocycles. The fourth-order valence-electron chi connectivity index (χ4n) is 5.02. The highest BCUT2D eigenvalue weighted by atomic mass is 35.5. The van der Waals surface area contributed by atoms with Gasteiger partial charge >= 0.3 is 0 Å². The van der Waals surface area contributed by atoms with Gasteiger partial charge in [0.25, 0.3) is 11.8 Å². The third-order valence-electron chi connectivity index (χ3n) is 7.23. The minimum absolute atomic E-state index is 0.00466. The molecule has 0 atom stereocenters. The van der Waals surface area contributed by atoms with Crippen LogP contribution in [0.15, 0.2) is 48.7 Å². The summed E-state index contributed by atoms with van der Waals surface area (Å²) in [5, 5.41) is 3.61. The number of nitrogens with zero attached hydrogens (tertiary/aromatic N) is 4. The van der Waals surface area contributed by atoms with Gasteiger partial charge in [0.2, 0.25) is 11.8 Å². The predicted molar refractivity (Wildman–Crippen MR) is 144 cm³/mol. The zero-order valence-electron chi connectivity index (χ0n) is 20.9. The van der Waals surface area contributed by atoms with E-state index in [-0.39, 0.29) is 29.7 Å². The van der Waals surface area contributed by atoms with Crippen LogP contribution in [0, 0.1) is 5.92 Å².